The number of fused-ring (bicyclic) bond motifs is 4. The number of hydrogen-bond acceptors (Lipinski definition) is 7. The summed E-state index contributed by atoms with van der Waals surface area (Å²) in [7, 11) is 2.94. The molecule has 2 saturated heterocycles. The Kier molecular flexibility index (Phi) is 5.61. The van der Waals surface area contributed by atoms with Crippen molar-refractivity contribution in [3.63, 3.8) is 0 Å². The number of benzene rings is 1. The van der Waals surface area contributed by atoms with Crippen LogP contribution in [-0.2, 0) is 19.2 Å². The number of phenols is 1. The lowest BCUT2D eigenvalue weighted by molar-refractivity contribution is -0.141. The lowest BCUT2D eigenvalue weighted by atomic mass is 9.57. The number of amides is 4. The van der Waals surface area contributed by atoms with Crippen LogP contribution in [0.4, 0.5) is 0 Å². The highest BCUT2D eigenvalue weighted by Gasteiger charge is 2.62. The molecule has 1 N–H and O–H groups in total. The van der Waals surface area contributed by atoms with Crippen molar-refractivity contribution >= 4 is 23.6 Å². The summed E-state index contributed by atoms with van der Waals surface area (Å²) in [4.78, 5) is 55.9. The Bertz CT molecular complexity index is 1130. The van der Waals surface area contributed by atoms with Crippen LogP contribution < -0.4 is 9.47 Å². The van der Waals surface area contributed by atoms with E-state index in [1.165, 1.54) is 36.2 Å². The Morgan fingerprint density at radius 2 is 1.37 bits per heavy atom. The number of rotatable bonds is 5. The van der Waals surface area contributed by atoms with Crippen molar-refractivity contribution in [3.8, 4) is 17.2 Å². The number of methoxy groups -OCH3 is 2. The van der Waals surface area contributed by atoms with Gasteiger partial charge in [0.1, 0.15) is 17.2 Å². The summed E-state index contributed by atoms with van der Waals surface area (Å²) in [5.41, 5.74) is 1.44. The third kappa shape index (κ3) is 3.13. The summed E-state index contributed by atoms with van der Waals surface area (Å²) in [5.74, 6) is -3.48. The van der Waals surface area contributed by atoms with Gasteiger partial charge in [0.25, 0.3) is 0 Å². The quantitative estimate of drug-likeness (QED) is 0.505. The summed E-state index contributed by atoms with van der Waals surface area (Å²) in [5, 5.41) is 10.2. The molecule has 0 spiro atoms. The van der Waals surface area contributed by atoms with Crippen LogP contribution in [0.15, 0.2) is 23.8 Å². The van der Waals surface area contributed by atoms with Gasteiger partial charge in [-0.2, -0.15) is 0 Å². The number of ether oxygens (including phenoxy) is 2. The first-order valence-electron chi connectivity index (χ1n) is 12.1. The Morgan fingerprint density at radius 1 is 0.829 bits per heavy atom. The molecule has 1 saturated carbocycles. The van der Waals surface area contributed by atoms with Crippen LogP contribution in [0.2, 0.25) is 0 Å². The largest absolute Gasteiger partial charge is 0.508 e. The molecular weight excluding hydrogens is 452 g/mol. The number of carbonyl (C=O) groups excluding carboxylic acids is 4. The molecule has 35 heavy (non-hydrogen) atoms. The summed E-state index contributed by atoms with van der Waals surface area (Å²) in [6.07, 6.45) is 2.72. The van der Waals surface area contributed by atoms with Gasteiger partial charge in [-0.25, -0.2) is 0 Å². The van der Waals surface area contributed by atoms with Gasteiger partial charge in [-0.05, 0) is 32.6 Å². The number of carbonyl (C=O) groups is 4. The minimum absolute atomic E-state index is 0.0526. The van der Waals surface area contributed by atoms with E-state index in [9.17, 15) is 24.3 Å². The molecule has 4 amide bonds. The maximum Gasteiger partial charge on any atom is 0.234 e. The minimum Gasteiger partial charge on any atom is -0.508 e. The summed E-state index contributed by atoms with van der Waals surface area (Å²) in [6.45, 7) is 4.12. The molecule has 2 aliphatic heterocycles. The Hall–Kier alpha value is -3.36. The summed E-state index contributed by atoms with van der Waals surface area (Å²) < 4.78 is 11.2. The first kappa shape index (κ1) is 23.4. The number of hydrogen-bond donors (Lipinski definition) is 1. The van der Waals surface area contributed by atoms with E-state index in [1.54, 1.807) is 13.8 Å². The number of phenolic OH excluding ortho intramolecular Hbond substituents is 1. The van der Waals surface area contributed by atoms with E-state index < -0.39 is 29.6 Å². The Morgan fingerprint density at radius 3 is 1.91 bits per heavy atom. The first-order chi connectivity index (χ1) is 16.8. The van der Waals surface area contributed by atoms with Crippen molar-refractivity contribution in [3.05, 3.63) is 29.3 Å². The molecule has 4 aliphatic rings. The lowest BCUT2D eigenvalue weighted by Crippen LogP contribution is -2.43. The highest BCUT2D eigenvalue weighted by Crippen LogP contribution is 2.60. The molecule has 6 atom stereocenters. The predicted octanol–water partition coefficient (Wildman–Crippen LogP) is 2.09. The van der Waals surface area contributed by atoms with Crippen LogP contribution in [0.3, 0.4) is 0 Å². The second-order valence-electron chi connectivity index (χ2n) is 9.63. The van der Waals surface area contributed by atoms with Gasteiger partial charge in [-0.3, -0.25) is 29.0 Å². The van der Waals surface area contributed by atoms with Gasteiger partial charge in [0, 0.05) is 36.7 Å². The highest BCUT2D eigenvalue weighted by molar-refractivity contribution is 6.08. The monoisotopic (exact) mass is 482 g/mol. The summed E-state index contributed by atoms with van der Waals surface area (Å²) >= 11 is 0. The van der Waals surface area contributed by atoms with Gasteiger partial charge in [-0.15, -0.1) is 0 Å². The van der Waals surface area contributed by atoms with E-state index in [0.717, 1.165) is 5.57 Å². The topological polar surface area (TPSA) is 113 Å². The van der Waals surface area contributed by atoms with E-state index in [0.29, 0.717) is 36.4 Å². The van der Waals surface area contributed by atoms with Gasteiger partial charge in [0.15, 0.2) is 0 Å². The van der Waals surface area contributed by atoms with Gasteiger partial charge in [-0.1, -0.05) is 11.6 Å². The lowest BCUT2D eigenvalue weighted by Gasteiger charge is -2.44. The van der Waals surface area contributed by atoms with Crippen LogP contribution in [-0.4, -0.2) is 65.8 Å². The smallest absolute Gasteiger partial charge is 0.234 e. The fraction of sp³-hybridized carbons (Fsp3) is 0.538. The van der Waals surface area contributed by atoms with Crippen molar-refractivity contribution in [2.24, 2.45) is 29.6 Å². The van der Waals surface area contributed by atoms with Crippen LogP contribution in [0.5, 0.6) is 17.2 Å². The van der Waals surface area contributed by atoms with Crippen LogP contribution in [0.1, 0.15) is 38.2 Å². The van der Waals surface area contributed by atoms with E-state index in [2.05, 4.69) is 0 Å². The molecule has 2 heterocycles. The fourth-order valence-electron chi connectivity index (χ4n) is 6.90. The van der Waals surface area contributed by atoms with E-state index in [-0.39, 0.29) is 41.8 Å². The van der Waals surface area contributed by atoms with Gasteiger partial charge in [0.2, 0.25) is 23.6 Å². The first-order valence-corrected chi connectivity index (χ1v) is 12.1. The molecule has 3 fully saturated rings. The number of nitrogens with zero attached hydrogens (tertiary/aromatic N) is 2. The molecule has 0 aromatic heterocycles. The van der Waals surface area contributed by atoms with E-state index in [1.807, 2.05) is 6.08 Å². The zero-order chi connectivity index (χ0) is 25.2. The molecule has 0 bridgehead atoms. The minimum atomic E-state index is -0.677. The van der Waals surface area contributed by atoms with Crippen LogP contribution in [0, 0.1) is 29.6 Å². The molecule has 5 rings (SSSR count). The molecule has 9 heteroatoms. The summed E-state index contributed by atoms with van der Waals surface area (Å²) in [6, 6.07) is 2.93. The standard InChI is InChI=1S/C26H30N2O7/c1-5-27-23(30)14-8-7-13-15(19(14)25(27)32)11-16-21(26(33)28(6-2)24(16)31)20(13)22-17(34-3)9-12(29)10-18(22)35-4/h7,9-10,14-16,19-21,29H,5-6,8,11H2,1-4H3/t14-,15+,16+,19-,20-,21+/m0/s1. The molecule has 1 aromatic rings. The third-order valence-electron chi connectivity index (χ3n) is 8.30. The number of aromatic hydroxyl groups is 1. The van der Waals surface area contributed by atoms with Crippen molar-refractivity contribution in [1.82, 2.24) is 9.80 Å². The number of imide groups is 2. The molecule has 186 valence electrons. The molecule has 2 aliphatic carbocycles. The number of likely N-dealkylation sites (tertiary alicyclic amines) is 2. The molecule has 9 nitrogen and oxygen atoms in total. The zero-order valence-electron chi connectivity index (χ0n) is 20.3. The third-order valence-corrected chi connectivity index (χ3v) is 8.30. The van der Waals surface area contributed by atoms with Gasteiger partial charge >= 0.3 is 0 Å². The normalized spacial score (nSPS) is 31.8. The maximum absolute atomic E-state index is 13.6. The van der Waals surface area contributed by atoms with E-state index in [4.69, 9.17) is 9.47 Å². The number of allylic oxidation sites excluding steroid dienone is 2. The molecular formula is C26H30N2O7. The average Bonchev–Trinajstić information content (AvgIpc) is 3.25. The predicted molar refractivity (Wildman–Crippen MR) is 124 cm³/mol. The van der Waals surface area contributed by atoms with Crippen LogP contribution in [0.25, 0.3) is 0 Å². The van der Waals surface area contributed by atoms with Crippen molar-refractivity contribution < 1.29 is 33.8 Å². The SMILES string of the molecule is CCN1C(=O)[C@H]2[C@H](CC=C3[C@H]2C[C@H]2C(=O)N(CC)C(=O)[C@H]2[C@H]3c2c(OC)cc(O)cc2OC)C1=O. The molecule has 0 unspecified atom stereocenters. The van der Waals surface area contributed by atoms with Crippen molar-refractivity contribution in [2.45, 2.75) is 32.6 Å². The second kappa shape index (κ2) is 8.39. The Labute approximate surface area is 203 Å². The van der Waals surface area contributed by atoms with Gasteiger partial charge in [0.05, 0.1) is 37.9 Å². The van der Waals surface area contributed by atoms with Gasteiger partial charge < -0.3 is 14.6 Å². The second-order valence-corrected chi connectivity index (χ2v) is 9.63. The van der Waals surface area contributed by atoms with Crippen LogP contribution >= 0.6 is 0 Å². The fourth-order valence-corrected chi connectivity index (χ4v) is 6.90. The van der Waals surface area contributed by atoms with Crippen molar-refractivity contribution in [2.75, 3.05) is 27.3 Å². The molecule has 1 aromatic carbocycles. The zero-order valence-corrected chi connectivity index (χ0v) is 20.3. The molecule has 0 radical (unpaired) electrons. The van der Waals surface area contributed by atoms with E-state index >= 15 is 0 Å². The highest BCUT2D eigenvalue weighted by atomic mass is 16.5. The Balaban J connectivity index is 1.72. The maximum atomic E-state index is 13.6. The van der Waals surface area contributed by atoms with Crippen molar-refractivity contribution in [1.29, 1.82) is 0 Å². The average molecular weight is 483 g/mol.